The van der Waals surface area contributed by atoms with Crippen molar-refractivity contribution in [3.05, 3.63) is 12.2 Å². The largest absolute Gasteiger partial charge is 0.326 e. The zero-order valence-corrected chi connectivity index (χ0v) is 6.64. The fourth-order valence-electron chi connectivity index (χ4n) is 1.39. The van der Waals surface area contributed by atoms with Gasteiger partial charge in [0.05, 0.1) is 0 Å². The molecule has 1 fully saturated rings. The van der Waals surface area contributed by atoms with Crippen LogP contribution in [0.4, 0.5) is 0 Å². The van der Waals surface area contributed by atoms with Gasteiger partial charge >= 0.3 is 0 Å². The maximum absolute atomic E-state index is 5.73. The highest BCUT2D eigenvalue weighted by Crippen LogP contribution is 2.07. The number of nitrogens with two attached hydrogens (primary N) is 1. The zero-order chi connectivity index (χ0) is 7.56. The molecule has 0 bridgehead atoms. The SMILES string of the molecule is C=C(C)CN1CCC(N)C1. The molecule has 1 rings (SSSR count). The van der Waals surface area contributed by atoms with Crippen LogP contribution in [0.15, 0.2) is 12.2 Å². The van der Waals surface area contributed by atoms with Crippen LogP contribution in [0.5, 0.6) is 0 Å². The van der Waals surface area contributed by atoms with Gasteiger partial charge in [-0.05, 0) is 13.3 Å². The molecule has 1 aliphatic rings. The van der Waals surface area contributed by atoms with Gasteiger partial charge in [0, 0.05) is 25.7 Å². The van der Waals surface area contributed by atoms with E-state index in [9.17, 15) is 0 Å². The van der Waals surface area contributed by atoms with Crippen LogP contribution in [0.1, 0.15) is 13.3 Å². The Bertz CT molecular complexity index is 131. The van der Waals surface area contributed by atoms with Gasteiger partial charge in [-0.15, -0.1) is 0 Å². The second-order valence-corrected chi connectivity index (χ2v) is 3.24. The average molecular weight is 140 g/mol. The van der Waals surface area contributed by atoms with Crippen molar-refractivity contribution in [3.63, 3.8) is 0 Å². The minimum absolute atomic E-state index is 0.402. The molecule has 2 heteroatoms. The summed E-state index contributed by atoms with van der Waals surface area (Å²) in [5.74, 6) is 0. The smallest absolute Gasteiger partial charge is 0.0188 e. The Hall–Kier alpha value is -0.340. The molecule has 1 atom stereocenters. The van der Waals surface area contributed by atoms with Crippen LogP contribution in [0, 0.1) is 0 Å². The van der Waals surface area contributed by atoms with Gasteiger partial charge in [0.15, 0.2) is 0 Å². The Kier molecular flexibility index (Phi) is 2.46. The van der Waals surface area contributed by atoms with Crippen LogP contribution in [-0.2, 0) is 0 Å². The molecule has 0 saturated carbocycles. The molecule has 0 aromatic heterocycles. The fraction of sp³-hybridized carbons (Fsp3) is 0.750. The average Bonchev–Trinajstić information content (AvgIpc) is 2.13. The summed E-state index contributed by atoms with van der Waals surface area (Å²) in [5, 5.41) is 0. The number of nitrogens with zero attached hydrogens (tertiary/aromatic N) is 1. The minimum atomic E-state index is 0.402. The molecule has 1 saturated heterocycles. The predicted octanol–water partition coefficient (Wildman–Crippen LogP) is 0.596. The lowest BCUT2D eigenvalue weighted by Crippen LogP contribution is -2.27. The standard InChI is InChI=1S/C8H16N2/c1-7(2)5-10-4-3-8(9)6-10/h8H,1,3-6,9H2,2H3. The van der Waals surface area contributed by atoms with Crippen molar-refractivity contribution in [2.75, 3.05) is 19.6 Å². The summed E-state index contributed by atoms with van der Waals surface area (Å²) in [6.07, 6.45) is 1.15. The third-order valence-electron chi connectivity index (χ3n) is 1.80. The highest BCUT2D eigenvalue weighted by atomic mass is 15.2. The maximum atomic E-state index is 5.73. The number of rotatable bonds is 2. The predicted molar refractivity (Wildman–Crippen MR) is 43.8 cm³/mol. The topological polar surface area (TPSA) is 29.3 Å². The van der Waals surface area contributed by atoms with Crippen LogP contribution >= 0.6 is 0 Å². The number of likely N-dealkylation sites (tertiary alicyclic amines) is 1. The molecule has 0 spiro atoms. The third-order valence-corrected chi connectivity index (χ3v) is 1.80. The molecular formula is C8H16N2. The van der Waals surface area contributed by atoms with E-state index in [1.54, 1.807) is 0 Å². The molecule has 0 aliphatic carbocycles. The van der Waals surface area contributed by atoms with E-state index in [0.717, 1.165) is 26.1 Å². The summed E-state index contributed by atoms with van der Waals surface area (Å²) in [6, 6.07) is 0.402. The minimum Gasteiger partial charge on any atom is -0.326 e. The molecule has 10 heavy (non-hydrogen) atoms. The van der Waals surface area contributed by atoms with Crippen LogP contribution in [0.3, 0.4) is 0 Å². The molecule has 2 N–H and O–H groups in total. The van der Waals surface area contributed by atoms with E-state index in [0.29, 0.717) is 6.04 Å². The van der Waals surface area contributed by atoms with E-state index in [1.807, 2.05) is 0 Å². The van der Waals surface area contributed by atoms with Crippen molar-refractivity contribution in [1.82, 2.24) is 4.90 Å². The van der Waals surface area contributed by atoms with Gasteiger partial charge < -0.3 is 5.73 Å². The van der Waals surface area contributed by atoms with Gasteiger partial charge in [-0.25, -0.2) is 0 Å². The molecule has 0 aromatic carbocycles. The second-order valence-electron chi connectivity index (χ2n) is 3.24. The Morgan fingerprint density at radius 1 is 1.80 bits per heavy atom. The molecule has 0 radical (unpaired) electrons. The zero-order valence-electron chi connectivity index (χ0n) is 6.64. The second kappa shape index (κ2) is 3.17. The van der Waals surface area contributed by atoms with Gasteiger partial charge in [-0.2, -0.15) is 0 Å². The number of hydrogen-bond donors (Lipinski definition) is 1. The summed E-state index contributed by atoms with van der Waals surface area (Å²) >= 11 is 0. The van der Waals surface area contributed by atoms with Crippen LogP contribution in [-0.4, -0.2) is 30.6 Å². The lowest BCUT2D eigenvalue weighted by molar-refractivity contribution is 0.364. The van der Waals surface area contributed by atoms with E-state index >= 15 is 0 Å². The molecule has 0 amide bonds. The Morgan fingerprint density at radius 2 is 2.50 bits per heavy atom. The summed E-state index contributed by atoms with van der Waals surface area (Å²) in [6.45, 7) is 9.14. The van der Waals surface area contributed by atoms with Gasteiger partial charge in [0.1, 0.15) is 0 Å². The van der Waals surface area contributed by atoms with Crippen molar-refractivity contribution < 1.29 is 0 Å². The normalized spacial score (nSPS) is 27.2. The van der Waals surface area contributed by atoms with Crippen LogP contribution in [0.25, 0.3) is 0 Å². The van der Waals surface area contributed by atoms with E-state index in [4.69, 9.17) is 5.73 Å². The quantitative estimate of drug-likeness (QED) is 0.569. The first-order valence-corrected chi connectivity index (χ1v) is 3.81. The van der Waals surface area contributed by atoms with Crippen molar-refractivity contribution in [3.8, 4) is 0 Å². The molecule has 1 aliphatic heterocycles. The van der Waals surface area contributed by atoms with Crippen molar-refractivity contribution in [2.45, 2.75) is 19.4 Å². The van der Waals surface area contributed by atoms with E-state index in [-0.39, 0.29) is 0 Å². The monoisotopic (exact) mass is 140 g/mol. The van der Waals surface area contributed by atoms with Gasteiger partial charge in [0.2, 0.25) is 0 Å². The van der Waals surface area contributed by atoms with E-state index < -0.39 is 0 Å². The van der Waals surface area contributed by atoms with Crippen LogP contribution in [0.2, 0.25) is 0 Å². The third kappa shape index (κ3) is 2.12. The highest BCUT2D eigenvalue weighted by Gasteiger charge is 2.17. The van der Waals surface area contributed by atoms with Gasteiger partial charge in [-0.1, -0.05) is 12.2 Å². The maximum Gasteiger partial charge on any atom is 0.0188 e. The van der Waals surface area contributed by atoms with E-state index in [2.05, 4.69) is 18.4 Å². The van der Waals surface area contributed by atoms with Crippen LogP contribution < -0.4 is 5.73 Å². The molecule has 58 valence electrons. The Morgan fingerprint density at radius 3 is 2.90 bits per heavy atom. The molecule has 1 heterocycles. The fourth-order valence-corrected chi connectivity index (χ4v) is 1.39. The molecule has 0 aromatic rings. The van der Waals surface area contributed by atoms with Gasteiger partial charge in [0.25, 0.3) is 0 Å². The summed E-state index contributed by atoms with van der Waals surface area (Å²) < 4.78 is 0. The summed E-state index contributed by atoms with van der Waals surface area (Å²) in [7, 11) is 0. The summed E-state index contributed by atoms with van der Waals surface area (Å²) in [4.78, 5) is 2.35. The van der Waals surface area contributed by atoms with Gasteiger partial charge in [-0.3, -0.25) is 4.90 Å². The molecule has 2 nitrogen and oxygen atoms in total. The number of hydrogen-bond acceptors (Lipinski definition) is 2. The first-order valence-electron chi connectivity index (χ1n) is 3.81. The first-order chi connectivity index (χ1) is 4.68. The van der Waals surface area contributed by atoms with E-state index in [1.165, 1.54) is 5.57 Å². The Labute approximate surface area is 62.7 Å². The first kappa shape index (κ1) is 7.76. The summed E-state index contributed by atoms with van der Waals surface area (Å²) in [5.41, 5.74) is 6.96. The lowest BCUT2D eigenvalue weighted by atomic mass is 10.3. The highest BCUT2D eigenvalue weighted by molar-refractivity contribution is 4.94. The van der Waals surface area contributed by atoms with Crippen molar-refractivity contribution in [1.29, 1.82) is 0 Å². The van der Waals surface area contributed by atoms with Crippen molar-refractivity contribution >= 4 is 0 Å². The lowest BCUT2D eigenvalue weighted by Gasteiger charge is -2.13. The molecule has 1 unspecified atom stereocenters. The Balaban J connectivity index is 2.24. The molecular weight excluding hydrogens is 124 g/mol. The van der Waals surface area contributed by atoms with Crippen molar-refractivity contribution in [2.24, 2.45) is 5.73 Å².